The molecule has 0 bridgehead atoms. The van der Waals surface area contributed by atoms with Crippen LogP contribution in [0.5, 0.6) is 5.88 Å². The molecule has 0 unspecified atom stereocenters. The predicted molar refractivity (Wildman–Crippen MR) is 106 cm³/mol. The van der Waals surface area contributed by atoms with Gasteiger partial charge < -0.3 is 19.9 Å². The second-order valence-corrected chi connectivity index (χ2v) is 6.30. The van der Waals surface area contributed by atoms with E-state index in [1.807, 2.05) is 24.3 Å². The number of hydrogen-bond donors (Lipinski definition) is 1. The van der Waals surface area contributed by atoms with Crippen molar-refractivity contribution in [1.82, 2.24) is 15.2 Å². The number of rotatable bonds is 5. The largest absolute Gasteiger partial charge is 0.481 e. The van der Waals surface area contributed by atoms with Gasteiger partial charge in [-0.15, -0.1) is 0 Å². The monoisotopic (exact) mass is 371 g/mol. The molecule has 1 aliphatic heterocycles. The zero-order valence-corrected chi connectivity index (χ0v) is 15.9. The molecule has 1 fully saturated rings. The van der Waals surface area contributed by atoms with Crippen LogP contribution in [0.3, 0.4) is 0 Å². The SMILES string of the molecule is CCNC(=NCc1ccnc(OC)c1)N1CCN(c2ccccc2F)CC1. The first-order chi connectivity index (χ1) is 13.2. The molecule has 1 aliphatic rings. The molecule has 0 saturated carbocycles. The second-order valence-electron chi connectivity index (χ2n) is 6.30. The molecule has 1 saturated heterocycles. The van der Waals surface area contributed by atoms with Gasteiger partial charge in [0.2, 0.25) is 5.88 Å². The average Bonchev–Trinajstić information content (AvgIpc) is 2.72. The number of para-hydroxylation sites is 1. The van der Waals surface area contributed by atoms with Crippen LogP contribution in [0.25, 0.3) is 0 Å². The molecule has 1 aromatic carbocycles. The molecule has 144 valence electrons. The molecule has 2 heterocycles. The van der Waals surface area contributed by atoms with Crippen molar-refractivity contribution in [3.63, 3.8) is 0 Å². The smallest absolute Gasteiger partial charge is 0.213 e. The number of guanidine groups is 1. The number of piperazine rings is 1. The first-order valence-electron chi connectivity index (χ1n) is 9.23. The molecule has 3 rings (SSSR count). The Hall–Kier alpha value is -2.83. The topological polar surface area (TPSA) is 53.0 Å². The summed E-state index contributed by atoms with van der Waals surface area (Å²) in [6, 6.07) is 10.8. The first-order valence-corrected chi connectivity index (χ1v) is 9.23. The minimum absolute atomic E-state index is 0.168. The maximum Gasteiger partial charge on any atom is 0.213 e. The number of methoxy groups -OCH3 is 1. The molecule has 7 heteroatoms. The van der Waals surface area contributed by atoms with Crippen LogP contribution in [0, 0.1) is 5.82 Å². The maximum absolute atomic E-state index is 14.0. The van der Waals surface area contributed by atoms with Crippen LogP contribution in [0.4, 0.5) is 10.1 Å². The van der Waals surface area contributed by atoms with E-state index in [9.17, 15) is 4.39 Å². The Morgan fingerprint density at radius 3 is 2.70 bits per heavy atom. The Morgan fingerprint density at radius 2 is 2.00 bits per heavy atom. The van der Waals surface area contributed by atoms with Gasteiger partial charge in [0.25, 0.3) is 0 Å². The number of benzene rings is 1. The van der Waals surface area contributed by atoms with E-state index in [-0.39, 0.29) is 5.82 Å². The van der Waals surface area contributed by atoms with Crippen LogP contribution in [0.2, 0.25) is 0 Å². The van der Waals surface area contributed by atoms with Gasteiger partial charge in [-0.1, -0.05) is 12.1 Å². The van der Waals surface area contributed by atoms with Gasteiger partial charge in [0.1, 0.15) is 5.82 Å². The van der Waals surface area contributed by atoms with Crippen LogP contribution >= 0.6 is 0 Å². The lowest BCUT2D eigenvalue weighted by Gasteiger charge is -2.37. The van der Waals surface area contributed by atoms with E-state index in [1.165, 1.54) is 6.07 Å². The summed E-state index contributed by atoms with van der Waals surface area (Å²) in [6.45, 7) is 6.50. The highest BCUT2D eigenvalue weighted by Crippen LogP contribution is 2.20. The van der Waals surface area contributed by atoms with Crippen LogP contribution in [-0.4, -0.2) is 55.7 Å². The Kier molecular flexibility index (Phi) is 6.46. The van der Waals surface area contributed by atoms with E-state index in [1.54, 1.807) is 19.4 Å². The van der Waals surface area contributed by atoms with Crippen LogP contribution < -0.4 is 15.0 Å². The zero-order chi connectivity index (χ0) is 19.1. The molecule has 2 aromatic rings. The number of halogens is 1. The summed E-state index contributed by atoms with van der Waals surface area (Å²) in [7, 11) is 1.61. The fourth-order valence-electron chi connectivity index (χ4n) is 3.12. The van der Waals surface area contributed by atoms with Crippen LogP contribution in [0.15, 0.2) is 47.6 Å². The fraction of sp³-hybridized carbons (Fsp3) is 0.400. The van der Waals surface area contributed by atoms with Gasteiger partial charge in [0.15, 0.2) is 5.96 Å². The number of hydrogen-bond acceptors (Lipinski definition) is 4. The second kappa shape index (κ2) is 9.21. The average molecular weight is 371 g/mol. The highest BCUT2D eigenvalue weighted by Gasteiger charge is 2.21. The number of aromatic nitrogens is 1. The van der Waals surface area contributed by atoms with Gasteiger partial charge in [-0.3, -0.25) is 0 Å². The van der Waals surface area contributed by atoms with E-state index in [4.69, 9.17) is 9.73 Å². The summed E-state index contributed by atoms with van der Waals surface area (Å²) in [6.07, 6.45) is 1.73. The number of ether oxygens (including phenoxy) is 1. The van der Waals surface area contributed by atoms with E-state index >= 15 is 0 Å². The minimum Gasteiger partial charge on any atom is -0.481 e. The molecular weight excluding hydrogens is 345 g/mol. The van der Waals surface area contributed by atoms with E-state index < -0.39 is 0 Å². The van der Waals surface area contributed by atoms with Crippen molar-refractivity contribution >= 4 is 11.6 Å². The van der Waals surface area contributed by atoms with Crippen LogP contribution in [-0.2, 0) is 6.54 Å². The van der Waals surface area contributed by atoms with Crippen molar-refractivity contribution in [2.45, 2.75) is 13.5 Å². The van der Waals surface area contributed by atoms with Crippen molar-refractivity contribution < 1.29 is 9.13 Å². The third kappa shape index (κ3) is 4.87. The van der Waals surface area contributed by atoms with Crippen LogP contribution in [0.1, 0.15) is 12.5 Å². The van der Waals surface area contributed by atoms with Gasteiger partial charge in [-0.05, 0) is 30.7 Å². The van der Waals surface area contributed by atoms with Crippen molar-refractivity contribution in [2.24, 2.45) is 4.99 Å². The predicted octanol–water partition coefficient (Wildman–Crippen LogP) is 2.52. The van der Waals surface area contributed by atoms with E-state index in [2.05, 4.69) is 27.0 Å². The highest BCUT2D eigenvalue weighted by atomic mass is 19.1. The standard InChI is InChI=1S/C20H26FN5O/c1-3-22-20(24-15-16-8-9-23-19(14-16)27-2)26-12-10-25(11-13-26)18-7-5-4-6-17(18)21/h4-9,14H,3,10-13,15H2,1-2H3,(H,22,24). The summed E-state index contributed by atoms with van der Waals surface area (Å²) in [5.41, 5.74) is 1.71. The molecule has 0 radical (unpaired) electrons. The van der Waals surface area contributed by atoms with Gasteiger partial charge in [-0.2, -0.15) is 0 Å². The first kappa shape index (κ1) is 18.9. The lowest BCUT2D eigenvalue weighted by atomic mass is 10.2. The highest BCUT2D eigenvalue weighted by molar-refractivity contribution is 5.80. The molecule has 1 aromatic heterocycles. The lowest BCUT2D eigenvalue weighted by Crippen LogP contribution is -2.52. The van der Waals surface area contributed by atoms with Gasteiger partial charge in [0.05, 0.1) is 19.3 Å². The molecule has 27 heavy (non-hydrogen) atoms. The summed E-state index contributed by atoms with van der Waals surface area (Å²) in [5, 5.41) is 3.35. The summed E-state index contributed by atoms with van der Waals surface area (Å²) in [5.74, 6) is 1.30. The Balaban J connectivity index is 1.64. The molecule has 6 nitrogen and oxygen atoms in total. The number of pyridine rings is 1. The van der Waals surface area contributed by atoms with Gasteiger partial charge in [0, 0.05) is 45.0 Å². The Morgan fingerprint density at radius 1 is 1.22 bits per heavy atom. The maximum atomic E-state index is 14.0. The molecule has 0 amide bonds. The molecule has 1 N–H and O–H groups in total. The van der Waals surface area contributed by atoms with E-state index in [0.29, 0.717) is 18.1 Å². The van der Waals surface area contributed by atoms with Crippen molar-refractivity contribution in [1.29, 1.82) is 0 Å². The fourth-order valence-corrected chi connectivity index (χ4v) is 3.12. The van der Waals surface area contributed by atoms with Crippen molar-refractivity contribution in [2.75, 3.05) is 44.7 Å². The zero-order valence-electron chi connectivity index (χ0n) is 15.9. The minimum atomic E-state index is -0.168. The summed E-state index contributed by atoms with van der Waals surface area (Å²) < 4.78 is 19.2. The Labute approximate surface area is 159 Å². The number of aliphatic imine (C=N–C) groups is 1. The Bertz CT molecular complexity index is 774. The number of nitrogens with zero attached hydrogens (tertiary/aromatic N) is 4. The summed E-state index contributed by atoms with van der Waals surface area (Å²) >= 11 is 0. The number of anilines is 1. The normalized spacial score (nSPS) is 15.0. The molecule has 0 spiro atoms. The molecule has 0 atom stereocenters. The lowest BCUT2D eigenvalue weighted by molar-refractivity contribution is 0.370. The third-order valence-corrected chi connectivity index (χ3v) is 4.53. The molecular formula is C20H26FN5O. The molecule has 0 aliphatic carbocycles. The number of nitrogens with one attached hydrogen (secondary N) is 1. The van der Waals surface area contributed by atoms with Gasteiger partial charge in [-0.25, -0.2) is 14.4 Å². The van der Waals surface area contributed by atoms with E-state index in [0.717, 1.165) is 44.2 Å². The third-order valence-electron chi connectivity index (χ3n) is 4.53. The van der Waals surface area contributed by atoms with Crippen molar-refractivity contribution in [3.8, 4) is 5.88 Å². The quantitative estimate of drug-likeness (QED) is 0.647. The summed E-state index contributed by atoms with van der Waals surface area (Å²) in [4.78, 5) is 13.2. The van der Waals surface area contributed by atoms with Gasteiger partial charge >= 0.3 is 0 Å². The van der Waals surface area contributed by atoms with Crippen molar-refractivity contribution in [3.05, 3.63) is 54.0 Å².